The fraction of sp³-hybridized carbons (Fsp3) is 0.286. The van der Waals surface area contributed by atoms with Crippen molar-refractivity contribution in [2.75, 3.05) is 0 Å². The molecule has 1 aliphatic carbocycles. The van der Waals surface area contributed by atoms with Crippen molar-refractivity contribution in [3.8, 4) is 0 Å². The van der Waals surface area contributed by atoms with Crippen LogP contribution in [0.2, 0.25) is 0 Å². The van der Waals surface area contributed by atoms with E-state index in [1.54, 1.807) is 18.3 Å². The summed E-state index contributed by atoms with van der Waals surface area (Å²) in [6, 6.07) is 5.70. The predicted octanol–water partition coefficient (Wildman–Crippen LogP) is 2.90. The molecule has 3 nitrogen and oxygen atoms in total. The van der Waals surface area contributed by atoms with Crippen molar-refractivity contribution in [2.24, 2.45) is 5.92 Å². The molecule has 0 saturated carbocycles. The molecule has 0 radical (unpaired) electrons. The normalized spacial score (nSPS) is 17.9. The fourth-order valence-corrected chi connectivity index (χ4v) is 3.82. The number of hydrogen-bond donors (Lipinski definition) is 1. The van der Waals surface area contributed by atoms with E-state index in [1.807, 2.05) is 18.2 Å². The predicted molar refractivity (Wildman–Crippen MR) is 70.4 cm³/mol. The molecule has 1 unspecified atom stereocenters. The first kappa shape index (κ1) is 11.4. The number of thiophene rings is 1. The van der Waals surface area contributed by atoms with Crippen LogP contribution in [0.1, 0.15) is 27.7 Å². The van der Waals surface area contributed by atoms with Gasteiger partial charge in [-0.1, -0.05) is 0 Å². The standard InChI is InChI=1S/C14H12O3S/c1-7(15)8-2-3-12-10(4-8)11-5-9(14(16)17)6-13(11)18-12/h2-4,9H,5-6H2,1H3,(H,16,17). The van der Waals surface area contributed by atoms with E-state index in [0.717, 1.165) is 20.5 Å². The zero-order chi connectivity index (χ0) is 12.9. The summed E-state index contributed by atoms with van der Waals surface area (Å²) >= 11 is 1.65. The van der Waals surface area contributed by atoms with Crippen LogP contribution in [0, 0.1) is 5.92 Å². The summed E-state index contributed by atoms with van der Waals surface area (Å²) in [5, 5.41) is 10.1. The highest BCUT2D eigenvalue weighted by Gasteiger charge is 2.30. The second-order valence-electron chi connectivity index (χ2n) is 4.71. The topological polar surface area (TPSA) is 54.4 Å². The van der Waals surface area contributed by atoms with Crippen LogP contribution in [0.4, 0.5) is 0 Å². The fourth-order valence-electron chi connectivity index (χ4n) is 2.52. The molecule has 0 aliphatic heterocycles. The Bertz CT molecular complexity index is 669. The lowest BCUT2D eigenvalue weighted by Crippen LogP contribution is -2.13. The number of aliphatic carboxylic acids is 1. The summed E-state index contributed by atoms with van der Waals surface area (Å²) in [4.78, 5) is 23.6. The number of ketones is 1. The first-order valence-corrected chi connectivity index (χ1v) is 6.66. The minimum Gasteiger partial charge on any atom is -0.481 e. The van der Waals surface area contributed by atoms with E-state index in [4.69, 9.17) is 5.11 Å². The highest BCUT2D eigenvalue weighted by Crippen LogP contribution is 2.40. The number of carboxylic acid groups (broad SMARTS) is 1. The molecule has 1 atom stereocenters. The molecular formula is C14H12O3S. The third-order valence-corrected chi connectivity index (χ3v) is 4.75. The minimum atomic E-state index is -0.728. The molecule has 0 amide bonds. The van der Waals surface area contributed by atoms with Gasteiger partial charge in [0.2, 0.25) is 0 Å². The summed E-state index contributed by atoms with van der Waals surface area (Å²) in [5.41, 5.74) is 1.83. The Balaban J connectivity index is 2.12. The monoisotopic (exact) mass is 260 g/mol. The van der Waals surface area contributed by atoms with Gasteiger partial charge in [0, 0.05) is 15.1 Å². The molecule has 4 heteroatoms. The number of carbonyl (C=O) groups excluding carboxylic acids is 1. The van der Waals surface area contributed by atoms with Gasteiger partial charge in [-0.05, 0) is 48.9 Å². The average molecular weight is 260 g/mol. The molecule has 2 aromatic rings. The number of carboxylic acids is 1. The highest BCUT2D eigenvalue weighted by atomic mass is 32.1. The first-order valence-electron chi connectivity index (χ1n) is 5.84. The third-order valence-electron chi connectivity index (χ3n) is 3.51. The molecule has 0 fully saturated rings. The average Bonchev–Trinajstić information content (AvgIpc) is 2.84. The van der Waals surface area contributed by atoms with Crippen molar-refractivity contribution >= 4 is 33.2 Å². The van der Waals surface area contributed by atoms with Crippen molar-refractivity contribution in [3.05, 3.63) is 34.2 Å². The van der Waals surface area contributed by atoms with Gasteiger partial charge in [0.15, 0.2) is 5.78 Å². The van der Waals surface area contributed by atoms with E-state index >= 15 is 0 Å². The van der Waals surface area contributed by atoms with Crippen molar-refractivity contribution in [1.29, 1.82) is 0 Å². The Morgan fingerprint density at radius 2 is 2.11 bits per heavy atom. The van der Waals surface area contributed by atoms with Gasteiger partial charge in [-0.3, -0.25) is 9.59 Å². The second kappa shape index (κ2) is 3.92. The van der Waals surface area contributed by atoms with Crippen LogP contribution in [0.3, 0.4) is 0 Å². The van der Waals surface area contributed by atoms with Crippen LogP contribution < -0.4 is 0 Å². The molecule has 1 aliphatic rings. The van der Waals surface area contributed by atoms with Gasteiger partial charge in [0.25, 0.3) is 0 Å². The zero-order valence-corrected chi connectivity index (χ0v) is 10.7. The molecule has 0 bridgehead atoms. The van der Waals surface area contributed by atoms with Gasteiger partial charge in [-0.2, -0.15) is 0 Å². The Hall–Kier alpha value is -1.68. The SMILES string of the molecule is CC(=O)c1ccc2sc3c(c2c1)CC(C(=O)O)C3. The van der Waals surface area contributed by atoms with Gasteiger partial charge in [-0.25, -0.2) is 0 Å². The van der Waals surface area contributed by atoms with Crippen LogP contribution in [0.15, 0.2) is 18.2 Å². The van der Waals surface area contributed by atoms with E-state index in [9.17, 15) is 9.59 Å². The lowest BCUT2D eigenvalue weighted by atomic mass is 10.0. The van der Waals surface area contributed by atoms with Crippen molar-refractivity contribution < 1.29 is 14.7 Å². The maximum atomic E-state index is 11.4. The molecule has 3 rings (SSSR count). The molecule has 1 heterocycles. The van der Waals surface area contributed by atoms with Gasteiger partial charge in [0.1, 0.15) is 0 Å². The summed E-state index contributed by atoms with van der Waals surface area (Å²) in [7, 11) is 0. The van der Waals surface area contributed by atoms with E-state index in [-0.39, 0.29) is 11.7 Å². The molecule has 92 valence electrons. The number of carbonyl (C=O) groups is 2. The number of fused-ring (bicyclic) bond motifs is 3. The minimum absolute atomic E-state index is 0.0460. The largest absolute Gasteiger partial charge is 0.481 e. The van der Waals surface area contributed by atoms with Gasteiger partial charge >= 0.3 is 5.97 Å². The second-order valence-corrected chi connectivity index (χ2v) is 5.85. The van der Waals surface area contributed by atoms with E-state index in [2.05, 4.69) is 0 Å². The molecule has 1 aromatic carbocycles. The lowest BCUT2D eigenvalue weighted by Gasteiger charge is -2.02. The lowest BCUT2D eigenvalue weighted by molar-refractivity contribution is -0.141. The van der Waals surface area contributed by atoms with Crippen LogP contribution in [0.5, 0.6) is 0 Å². The number of hydrogen-bond acceptors (Lipinski definition) is 3. The van der Waals surface area contributed by atoms with E-state index in [1.165, 1.54) is 0 Å². The van der Waals surface area contributed by atoms with Crippen molar-refractivity contribution in [3.63, 3.8) is 0 Å². The summed E-state index contributed by atoms with van der Waals surface area (Å²) in [6.45, 7) is 1.55. The third kappa shape index (κ3) is 1.64. The smallest absolute Gasteiger partial charge is 0.307 e. The first-order chi connectivity index (χ1) is 8.56. The molecule has 18 heavy (non-hydrogen) atoms. The summed E-state index contributed by atoms with van der Waals surface area (Å²) in [6.07, 6.45) is 1.21. The van der Waals surface area contributed by atoms with Crippen molar-refractivity contribution in [2.45, 2.75) is 19.8 Å². The van der Waals surface area contributed by atoms with E-state index < -0.39 is 5.97 Å². The molecular weight excluding hydrogens is 248 g/mol. The Morgan fingerprint density at radius 3 is 2.78 bits per heavy atom. The molecule has 1 N–H and O–H groups in total. The summed E-state index contributed by atoms with van der Waals surface area (Å²) < 4.78 is 1.15. The maximum absolute atomic E-state index is 11.4. The Morgan fingerprint density at radius 1 is 1.33 bits per heavy atom. The van der Waals surface area contributed by atoms with Crippen LogP contribution in [0.25, 0.3) is 10.1 Å². The summed E-state index contributed by atoms with van der Waals surface area (Å²) in [5.74, 6) is -0.976. The van der Waals surface area contributed by atoms with E-state index in [0.29, 0.717) is 18.4 Å². The quantitative estimate of drug-likeness (QED) is 0.845. The molecule has 1 aromatic heterocycles. The van der Waals surface area contributed by atoms with Crippen LogP contribution >= 0.6 is 11.3 Å². The molecule has 0 spiro atoms. The highest BCUT2D eigenvalue weighted by molar-refractivity contribution is 7.19. The van der Waals surface area contributed by atoms with Crippen LogP contribution in [-0.4, -0.2) is 16.9 Å². The number of benzene rings is 1. The zero-order valence-electron chi connectivity index (χ0n) is 9.90. The number of rotatable bonds is 2. The Kier molecular flexibility index (Phi) is 2.48. The van der Waals surface area contributed by atoms with Crippen LogP contribution in [-0.2, 0) is 17.6 Å². The molecule has 0 saturated heterocycles. The van der Waals surface area contributed by atoms with Gasteiger partial charge in [-0.15, -0.1) is 11.3 Å². The van der Waals surface area contributed by atoms with Gasteiger partial charge < -0.3 is 5.11 Å². The van der Waals surface area contributed by atoms with Crippen molar-refractivity contribution in [1.82, 2.24) is 0 Å². The Labute approximate surface area is 108 Å². The maximum Gasteiger partial charge on any atom is 0.307 e. The van der Waals surface area contributed by atoms with Gasteiger partial charge in [0.05, 0.1) is 5.92 Å². The number of Topliss-reactive ketones (excluding diaryl/α,β-unsaturated/α-hetero) is 1.